The van der Waals surface area contributed by atoms with Gasteiger partial charge in [-0.3, -0.25) is 14.2 Å². The number of amides is 1. The molecule has 1 fully saturated rings. The number of carbonyl (C=O) groups excluding carboxylic acids is 1. The normalized spacial score (nSPS) is 13.8. The summed E-state index contributed by atoms with van der Waals surface area (Å²) >= 11 is 3.10. The number of carbonyl (C=O) groups is 1. The number of aryl methyl sites for hydroxylation is 1. The molecule has 3 aromatic heterocycles. The van der Waals surface area contributed by atoms with Gasteiger partial charge in [0.1, 0.15) is 11.4 Å². The van der Waals surface area contributed by atoms with E-state index < -0.39 is 0 Å². The van der Waals surface area contributed by atoms with Gasteiger partial charge in [-0.05, 0) is 56.2 Å². The van der Waals surface area contributed by atoms with Crippen molar-refractivity contribution < 1.29 is 4.79 Å². The lowest BCUT2D eigenvalue weighted by atomic mass is 10.2. The minimum Gasteiger partial charge on any atom is -0.372 e. The molecule has 4 aromatic rings. The molecule has 31 heavy (non-hydrogen) atoms. The second-order valence-corrected chi connectivity index (χ2v) is 9.85. The topological polar surface area (TPSA) is 67.2 Å². The van der Waals surface area contributed by atoms with E-state index in [4.69, 9.17) is 0 Å². The zero-order chi connectivity index (χ0) is 21.4. The summed E-state index contributed by atoms with van der Waals surface area (Å²) in [5.41, 5.74) is 2.60. The van der Waals surface area contributed by atoms with Crippen molar-refractivity contribution in [3.8, 4) is 10.4 Å². The number of nitrogens with zero attached hydrogens (tertiary/aromatic N) is 3. The molecule has 0 aliphatic carbocycles. The van der Waals surface area contributed by atoms with Crippen molar-refractivity contribution in [3.05, 3.63) is 63.3 Å². The average molecular weight is 451 g/mol. The molecule has 0 spiro atoms. The summed E-state index contributed by atoms with van der Waals surface area (Å²) in [5.74, 6) is -0.249. The van der Waals surface area contributed by atoms with Crippen LogP contribution in [0.1, 0.15) is 17.7 Å². The van der Waals surface area contributed by atoms with Gasteiger partial charge in [-0.1, -0.05) is 0 Å². The van der Waals surface area contributed by atoms with E-state index in [1.165, 1.54) is 45.6 Å². The van der Waals surface area contributed by atoms with Crippen molar-refractivity contribution in [2.45, 2.75) is 26.3 Å². The van der Waals surface area contributed by atoms with Gasteiger partial charge >= 0.3 is 0 Å². The third kappa shape index (κ3) is 4.00. The van der Waals surface area contributed by atoms with Crippen LogP contribution in [-0.4, -0.2) is 28.5 Å². The van der Waals surface area contributed by atoms with Crippen LogP contribution in [0.4, 0.5) is 11.4 Å². The maximum atomic E-state index is 13.1. The van der Waals surface area contributed by atoms with Crippen molar-refractivity contribution in [1.29, 1.82) is 0 Å². The molecule has 0 bridgehead atoms. The lowest BCUT2D eigenvalue weighted by molar-refractivity contribution is -0.116. The van der Waals surface area contributed by atoms with Crippen LogP contribution in [0.5, 0.6) is 0 Å². The van der Waals surface area contributed by atoms with Crippen LogP contribution < -0.4 is 15.8 Å². The number of hydrogen-bond donors (Lipinski definition) is 1. The Labute approximate surface area is 187 Å². The van der Waals surface area contributed by atoms with Crippen molar-refractivity contribution in [3.63, 3.8) is 0 Å². The van der Waals surface area contributed by atoms with Crippen molar-refractivity contribution in [2.75, 3.05) is 23.3 Å². The third-order valence-electron chi connectivity index (χ3n) is 5.50. The highest BCUT2D eigenvalue weighted by Gasteiger charge is 2.16. The summed E-state index contributed by atoms with van der Waals surface area (Å²) in [4.78, 5) is 35.4. The van der Waals surface area contributed by atoms with Gasteiger partial charge in [-0.15, -0.1) is 22.7 Å². The van der Waals surface area contributed by atoms with Crippen LogP contribution in [0.25, 0.3) is 20.7 Å². The van der Waals surface area contributed by atoms with Gasteiger partial charge in [-0.2, -0.15) is 0 Å². The molecule has 0 radical (unpaired) electrons. The highest BCUT2D eigenvalue weighted by molar-refractivity contribution is 7.19. The van der Waals surface area contributed by atoms with Crippen LogP contribution in [0.2, 0.25) is 0 Å². The fourth-order valence-corrected chi connectivity index (χ4v) is 5.79. The fourth-order valence-electron chi connectivity index (χ4n) is 3.93. The molecule has 1 saturated heterocycles. The van der Waals surface area contributed by atoms with Crippen LogP contribution in [0, 0.1) is 6.92 Å². The van der Waals surface area contributed by atoms with Gasteiger partial charge in [0, 0.05) is 45.2 Å². The number of fused-ring (bicyclic) bond motifs is 1. The summed E-state index contributed by atoms with van der Waals surface area (Å²) < 4.78 is 1.38. The Bertz CT molecular complexity index is 1300. The predicted octanol–water partition coefficient (Wildman–Crippen LogP) is 4.73. The molecule has 158 valence electrons. The molecule has 1 aromatic carbocycles. The van der Waals surface area contributed by atoms with E-state index >= 15 is 0 Å². The first-order valence-electron chi connectivity index (χ1n) is 10.3. The molecular weight excluding hydrogens is 428 g/mol. The zero-order valence-corrected chi connectivity index (χ0v) is 18.8. The largest absolute Gasteiger partial charge is 0.372 e. The van der Waals surface area contributed by atoms with E-state index in [0.717, 1.165) is 29.2 Å². The molecule has 0 atom stereocenters. The lowest BCUT2D eigenvalue weighted by Gasteiger charge is -2.17. The van der Waals surface area contributed by atoms with Crippen molar-refractivity contribution >= 4 is 50.2 Å². The van der Waals surface area contributed by atoms with Crippen molar-refractivity contribution in [2.24, 2.45) is 0 Å². The number of hydrogen-bond acceptors (Lipinski definition) is 6. The summed E-state index contributed by atoms with van der Waals surface area (Å²) in [6, 6.07) is 11.9. The summed E-state index contributed by atoms with van der Waals surface area (Å²) in [7, 11) is 0. The Morgan fingerprint density at radius 3 is 2.61 bits per heavy atom. The van der Waals surface area contributed by atoms with Gasteiger partial charge in [0.05, 0.1) is 11.7 Å². The van der Waals surface area contributed by atoms with Gasteiger partial charge in [0.2, 0.25) is 5.91 Å². The van der Waals surface area contributed by atoms with E-state index in [-0.39, 0.29) is 18.0 Å². The van der Waals surface area contributed by atoms with Crippen LogP contribution in [0.15, 0.2) is 52.9 Å². The average Bonchev–Trinajstić information content (AvgIpc) is 3.51. The monoisotopic (exact) mass is 450 g/mol. The molecule has 4 heterocycles. The molecule has 5 rings (SSSR count). The molecule has 0 saturated carbocycles. The van der Waals surface area contributed by atoms with E-state index in [1.54, 1.807) is 11.3 Å². The molecule has 1 aliphatic heterocycles. The number of anilines is 2. The molecule has 8 heteroatoms. The quantitative estimate of drug-likeness (QED) is 0.477. The smallest absolute Gasteiger partial charge is 0.263 e. The minimum absolute atomic E-state index is 0.0750. The zero-order valence-electron chi connectivity index (χ0n) is 17.1. The van der Waals surface area contributed by atoms with E-state index in [9.17, 15) is 9.59 Å². The number of benzene rings is 1. The molecule has 6 nitrogen and oxygen atoms in total. The Balaban J connectivity index is 1.34. The molecule has 1 aliphatic rings. The first-order valence-corrected chi connectivity index (χ1v) is 12.0. The standard InChI is InChI=1S/C23H22N4O2S2/c1-15-4-9-19(31-15)18-13-30-22-21(18)23(29)27(14-24-22)12-20(28)25-16-5-7-17(8-6-16)26-10-2-3-11-26/h4-9,13-14H,2-3,10-12H2,1H3,(H,25,28). The maximum Gasteiger partial charge on any atom is 0.263 e. The van der Waals surface area contributed by atoms with Gasteiger partial charge < -0.3 is 10.2 Å². The van der Waals surface area contributed by atoms with E-state index in [2.05, 4.69) is 15.2 Å². The predicted molar refractivity (Wildman–Crippen MR) is 128 cm³/mol. The number of nitrogens with one attached hydrogen (secondary N) is 1. The van der Waals surface area contributed by atoms with Gasteiger partial charge in [0.15, 0.2) is 0 Å². The van der Waals surface area contributed by atoms with E-state index in [1.807, 2.05) is 48.7 Å². The highest BCUT2D eigenvalue weighted by atomic mass is 32.1. The SMILES string of the molecule is Cc1ccc(-c2csc3ncn(CC(=O)Nc4ccc(N5CCCC5)cc4)c(=O)c23)s1. The second kappa shape index (κ2) is 8.28. The number of thiophene rings is 2. The Kier molecular flexibility index (Phi) is 5.33. The Morgan fingerprint density at radius 2 is 1.90 bits per heavy atom. The molecule has 0 unspecified atom stereocenters. The third-order valence-corrected chi connectivity index (χ3v) is 7.42. The van der Waals surface area contributed by atoms with Gasteiger partial charge in [-0.25, -0.2) is 4.98 Å². The number of rotatable bonds is 5. The minimum atomic E-state index is -0.249. The highest BCUT2D eigenvalue weighted by Crippen LogP contribution is 2.34. The van der Waals surface area contributed by atoms with Gasteiger partial charge in [0.25, 0.3) is 5.56 Å². The second-order valence-electron chi connectivity index (χ2n) is 7.71. The molecule has 1 N–H and O–H groups in total. The maximum absolute atomic E-state index is 13.1. The molecule has 1 amide bonds. The Morgan fingerprint density at radius 1 is 1.13 bits per heavy atom. The summed E-state index contributed by atoms with van der Waals surface area (Å²) in [6.45, 7) is 4.13. The van der Waals surface area contributed by atoms with E-state index in [0.29, 0.717) is 10.2 Å². The van der Waals surface area contributed by atoms with Crippen LogP contribution in [0.3, 0.4) is 0 Å². The first-order chi connectivity index (χ1) is 15.1. The summed E-state index contributed by atoms with van der Waals surface area (Å²) in [5, 5.41) is 5.44. The Hall–Kier alpha value is -2.97. The first kappa shape index (κ1) is 20.0. The van der Waals surface area contributed by atoms with Crippen LogP contribution >= 0.6 is 22.7 Å². The van der Waals surface area contributed by atoms with Crippen molar-refractivity contribution in [1.82, 2.24) is 9.55 Å². The van der Waals surface area contributed by atoms with Crippen LogP contribution in [-0.2, 0) is 11.3 Å². The number of aromatic nitrogens is 2. The lowest BCUT2D eigenvalue weighted by Crippen LogP contribution is -2.27. The molecular formula is C23H22N4O2S2. The fraction of sp³-hybridized carbons (Fsp3) is 0.261. The summed E-state index contributed by atoms with van der Waals surface area (Å²) in [6.07, 6.45) is 3.91.